The summed E-state index contributed by atoms with van der Waals surface area (Å²) < 4.78 is 5.51. The molecule has 0 aromatic heterocycles. The largest absolute Gasteiger partial charge is 0.496 e. The number of aryl methyl sites for hydroxylation is 1. The summed E-state index contributed by atoms with van der Waals surface area (Å²) in [5.74, 6) is 0.958. The van der Waals surface area contributed by atoms with Crippen molar-refractivity contribution in [1.82, 2.24) is 4.90 Å². The van der Waals surface area contributed by atoms with E-state index in [-0.39, 0.29) is 5.54 Å². The summed E-state index contributed by atoms with van der Waals surface area (Å²) in [5.41, 5.74) is 8.48. The van der Waals surface area contributed by atoms with Gasteiger partial charge in [0.05, 0.1) is 7.11 Å². The molecule has 1 aromatic carbocycles. The summed E-state index contributed by atoms with van der Waals surface area (Å²) in [6.07, 6.45) is 2.00. The monoisotopic (exact) mass is 264 g/mol. The van der Waals surface area contributed by atoms with E-state index in [0.717, 1.165) is 18.6 Å². The van der Waals surface area contributed by atoms with Crippen molar-refractivity contribution in [3.8, 4) is 5.75 Å². The third-order valence-corrected chi connectivity index (χ3v) is 3.43. The second-order valence-corrected chi connectivity index (χ2v) is 6.25. The molecule has 0 spiro atoms. The van der Waals surface area contributed by atoms with Gasteiger partial charge in [-0.25, -0.2) is 0 Å². The lowest BCUT2D eigenvalue weighted by molar-refractivity contribution is 0.254. The summed E-state index contributed by atoms with van der Waals surface area (Å²) in [6.45, 7) is 6.27. The average molecular weight is 264 g/mol. The molecule has 1 aromatic rings. The Labute approximate surface area is 117 Å². The minimum Gasteiger partial charge on any atom is -0.496 e. The third-order valence-electron chi connectivity index (χ3n) is 3.43. The van der Waals surface area contributed by atoms with E-state index in [4.69, 9.17) is 10.5 Å². The van der Waals surface area contributed by atoms with Crippen LogP contribution in [0.15, 0.2) is 18.2 Å². The van der Waals surface area contributed by atoms with Crippen LogP contribution in [0.4, 0.5) is 0 Å². The van der Waals surface area contributed by atoms with E-state index in [0.29, 0.717) is 6.04 Å². The summed E-state index contributed by atoms with van der Waals surface area (Å²) in [5, 5.41) is 0. The molecule has 0 aliphatic heterocycles. The van der Waals surface area contributed by atoms with E-state index in [1.54, 1.807) is 7.11 Å². The molecule has 0 heterocycles. The molecule has 0 bridgehead atoms. The first kappa shape index (κ1) is 16.0. The molecule has 0 fully saturated rings. The first-order valence-corrected chi connectivity index (χ1v) is 6.84. The summed E-state index contributed by atoms with van der Waals surface area (Å²) in [7, 11) is 5.94. The number of methoxy groups -OCH3 is 1. The fourth-order valence-corrected chi connectivity index (χ4v) is 2.31. The molecule has 3 nitrogen and oxygen atoms in total. The van der Waals surface area contributed by atoms with Gasteiger partial charge in [-0.3, -0.25) is 0 Å². The van der Waals surface area contributed by atoms with Crippen molar-refractivity contribution in [3.63, 3.8) is 0 Å². The molecule has 0 saturated carbocycles. The minimum atomic E-state index is -0.134. The summed E-state index contributed by atoms with van der Waals surface area (Å²) in [4.78, 5) is 2.24. The minimum absolute atomic E-state index is 0.134. The van der Waals surface area contributed by atoms with Gasteiger partial charge < -0.3 is 15.4 Å². The highest BCUT2D eigenvalue weighted by molar-refractivity contribution is 5.39. The molecule has 1 unspecified atom stereocenters. The highest BCUT2D eigenvalue weighted by atomic mass is 16.5. The van der Waals surface area contributed by atoms with E-state index in [1.807, 2.05) is 0 Å². The fourth-order valence-electron chi connectivity index (χ4n) is 2.31. The Balaban J connectivity index is 3.02. The Morgan fingerprint density at radius 3 is 2.42 bits per heavy atom. The number of hydrogen-bond acceptors (Lipinski definition) is 3. The van der Waals surface area contributed by atoms with Crippen LogP contribution in [0.1, 0.15) is 43.9 Å². The highest BCUT2D eigenvalue weighted by Crippen LogP contribution is 2.33. The maximum Gasteiger partial charge on any atom is 0.123 e. The first-order chi connectivity index (χ1) is 8.74. The topological polar surface area (TPSA) is 38.5 Å². The van der Waals surface area contributed by atoms with Gasteiger partial charge in [0.2, 0.25) is 0 Å². The van der Waals surface area contributed by atoms with Crippen LogP contribution in [0.3, 0.4) is 0 Å². The van der Waals surface area contributed by atoms with Gasteiger partial charge >= 0.3 is 0 Å². The molecule has 2 N–H and O–H groups in total. The van der Waals surface area contributed by atoms with Gasteiger partial charge in [-0.05, 0) is 53.8 Å². The van der Waals surface area contributed by atoms with Crippen molar-refractivity contribution >= 4 is 0 Å². The van der Waals surface area contributed by atoms with E-state index in [1.165, 1.54) is 11.1 Å². The van der Waals surface area contributed by atoms with Crippen molar-refractivity contribution in [2.75, 3.05) is 21.2 Å². The molecule has 108 valence electrons. The molecular weight excluding hydrogens is 236 g/mol. The van der Waals surface area contributed by atoms with Crippen LogP contribution in [0, 0.1) is 6.92 Å². The summed E-state index contributed by atoms with van der Waals surface area (Å²) >= 11 is 0. The molecule has 3 heteroatoms. The van der Waals surface area contributed by atoms with Crippen molar-refractivity contribution in [3.05, 3.63) is 29.3 Å². The number of benzene rings is 1. The Bertz CT molecular complexity index is 408. The van der Waals surface area contributed by atoms with Crippen molar-refractivity contribution < 1.29 is 4.74 Å². The molecule has 0 amide bonds. The van der Waals surface area contributed by atoms with Crippen LogP contribution in [-0.4, -0.2) is 31.6 Å². The number of hydrogen-bond donors (Lipinski definition) is 1. The van der Waals surface area contributed by atoms with Crippen LogP contribution in [0.2, 0.25) is 0 Å². The lowest BCUT2D eigenvalue weighted by Gasteiger charge is -2.29. The zero-order valence-electron chi connectivity index (χ0n) is 13.2. The number of nitrogens with zero attached hydrogens (tertiary/aromatic N) is 1. The molecule has 0 aliphatic carbocycles. The van der Waals surface area contributed by atoms with Crippen molar-refractivity contribution in [2.45, 2.75) is 45.2 Å². The molecular formula is C16H28N2O. The van der Waals surface area contributed by atoms with Gasteiger partial charge in [0, 0.05) is 17.1 Å². The zero-order valence-corrected chi connectivity index (χ0v) is 13.2. The SMILES string of the molecule is COc1ccc(C)cc1C(CCC(C)(C)N)N(C)C. The smallest absolute Gasteiger partial charge is 0.123 e. The summed E-state index contributed by atoms with van der Waals surface area (Å²) in [6, 6.07) is 6.68. The number of ether oxygens (including phenoxy) is 1. The standard InChI is InChI=1S/C16H28N2O/c1-12-7-8-15(19-6)13(11-12)14(18(4)5)9-10-16(2,3)17/h7-8,11,14H,9-10,17H2,1-6H3. The molecule has 1 rings (SSSR count). The van der Waals surface area contributed by atoms with Crippen LogP contribution >= 0.6 is 0 Å². The molecule has 0 radical (unpaired) electrons. The van der Waals surface area contributed by atoms with Gasteiger partial charge in [0.1, 0.15) is 5.75 Å². The lowest BCUT2D eigenvalue weighted by Crippen LogP contribution is -2.33. The predicted octanol–water partition coefficient (Wildman–Crippen LogP) is 3.12. The molecule has 0 saturated heterocycles. The normalized spacial score (nSPS) is 13.7. The van der Waals surface area contributed by atoms with Gasteiger partial charge in [-0.15, -0.1) is 0 Å². The zero-order chi connectivity index (χ0) is 14.6. The van der Waals surface area contributed by atoms with Crippen LogP contribution < -0.4 is 10.5 Å². The second-order valence-electron chi connectivity index (χ2n) is 6.25. The van der Waals surface area contributed by atoms with Crippen LogP contribution in [0.25, 0.3) is 0 Å². The first-order valence-electron chi connectivity index (χ1n) is 6.84. The molecule has 19 heavy (non-hydrogen) atoms. The Morgan fingerprint density at radius 2 is 1.95 bits per heavy atom. The average Bonchev–Trinajstić information content (AvgIpc) is 2.27. The third kappa shape index (κ3) is 4.84. The van der Waals surface area contributed by atoms with E-state index >= 15 is 0 Å². The quantitative estimate of drug-likeness (QED) is 0.858. The Kier molecular flexibility index (Phi) is 5.39. The Morgan fingerprint density at radius 1 is 1.32 bits per heavy atom. The van der Waals surface area contributed by atoms with E-state index < -0.39 is 0 Å². The van der Waals surface area contributed by atoms with Crippen LogP contribution in [0.5, 0.6) is 5.75 Å². The van der Waals surface area contributed by atoms with Crippen molar-refractivity contribution in [2.24, 2.45) is 5.73 Å². The van der Waals surface area contributed by atoms with Gasteiger partial charge in [-0.2, -0.15) is 0 Å². The van der Waals surface area contributed by atoms with Gasteiger partial charge in [0.15, 0.2) is 0 Å². The molecule has 0 aliphatic rings. The van der Waals surface area contributed by atoms with E-state index in [2.05, 4.69) is 58.0 Å². The maximum absolute atomic E-state index is 6.11. The lowest BCUT2D eigenvalue weighted by atomic mass is 9.92. The maximum atomic E-state index is 6.11. The van der Waals surface area contributed by atoms with Crippen LogP contribution in [-0.2, 0) is 0 Å². The van der Waals surface area contributed by atoms with Gasteiger partial charge in [-0.1, -0.05) is 17.7 Å². The van der Waals surface area contributed by atoms with Crippen molar-refractivity contribution in [1.29, 1.82) is 0 Å². The van der Waals surface area contributed by atoms with Gasteiger partial charge in [0.25, 0.3) is 0 Å². The highest BCUT2D eigenvalue weighted by Gasteiger charge is 2.21. The number of rotatable bonds is 6. The molecule has 1 atom stereocenters. The van der Waals surface area contributed by atoms with E-state index in [9.17, 15) is 0 Å². The fraction of sp³-hybridized carbons (Fsp3) is 0.625. The second kappa shape index (κ2) is 6.40. The predicted molar refractivity (Wildman–Crippen MR) is 81.7 cm³/mol. The number of nitrogens with two attached hydrogens (primary N) is 1. The Hall–Kier alpha value is -1.06.